The van der Waals surface area contributed by atoms with Gasteiger partial charge in [-0.15, -0.1) is 0 Å². The maximum Gasteiger partial charge on any atom is 0.306 e. The fraction of sp³-hybridized carbons (Fsp3) is 0.654. The first kappa shape index (κ1) is 58.9. The van der Waals surface area contributed by atoms with E-state index in [0.29, 0.717) is 23.9 Å². The maximum absolute atomic E-state index is 12.7. The third-order valence-electron chi connectivity index (χ3n) is 9.60. The SMILES string of the molecule is CC/C=C\C/C=C\C/C=C\C/C=C\CCCCCCCCCCC(=O)OC(COC(=O)CCCCCC/C=C\C/C=C\C/C=C\C/C=C\CC)COP(=O)([O-])OCC[N+](C)(C)C. The highest BCUT2D eigenvalue weighted by molar-refractivity contribution is 7.45. The predicted molar refractivity (Wildman–Crippen MR) is 259 cm³/mol. The smallest absolute Gasteiger partial charge is 0.306 e. The summed E-state index contributed by atoms with van der Waals surface area (Å²) in [6.07, 6.45) is 57.2. The summed E-state index contributed by atoms with van der Waals surface area (Å²) >= 11 is 0. The van der Waals surface area contributed by atoms with Gasteiger partial charge < -0.3 is 27.9 Å². The maximum atomic E-state index is 12.7. The molecule has 354 valence electrons. The van der Waals surface area contributed by atoms with E-state index in [1.807, 2.05) is 21.1 Å². The van der Waals surface area contributed by atoms with E-state index in [-0.39, 0.29) is 26.1 Å². The second-order valence-electron chi connectivity index (χ2n) is 16.7. The van der Waals surface area contributed by atoms with Crippen molar-refractivity contribution in [3.05, 3.63) is 97.2 Å². The van der Waals surface area contributed by atoms with Gasteiger partial charge in [-0.05, 0) is 89.9 Å². The van der Waals surface area contributed by atoms with Gasteiger partial charge in [0.1, 0.15) is 19.8 Å². The van der Waals surface area contributed by atoms with Crippen LogP contribution in [0.2, 0.25) is 0 Å². The van der Waals surface area contributed by atoms with Gasteiger partial charge in [-0.1, -0.05) is 162 Å². The van der Waals surface area contributed by atoms with Crippen LogP contribution in [-0.2, 0) is 32.7 Å². The molecule has 0 aromatic carbocycles. The Hall–Kier alpha value is -3.07. The van der Waals surface area contributed by atoms with Crippen LogP contribution in [0.25, 0.3) is 0 Å². The van der Waals surface area contributed by atoms with E-state index in [0.717, 1.165) is 103 Å². The first-order valence-electron chi connectivity index (χ1n) is 23.9. The van der Waals surface area contributed by atoms with E-state index in [4.69, 9.17) is 18.5 Å². The quantitative estimate of drug-likeness (QED) is 0.0196. The molecule has 0 fully saturated rings. The highest BCUT2D eigenvalue weighted by atomic mass is 31.2. The molecule has 0 radical (unpaired) electrons. The van der Waals surface area contributed by atoms with Crippen molar-refractivity contribution >= 4 is 19.8 Å². The number of carbonyl (C=O) groups excluding carboxylic acids is 2. The van der Waals surface area contributed by atoms with E-state index in [2.05, 4.69) is 111 Å². The Balaban J connectivity index is 4.37. The molecule has 0 amide bonds. The lowest BCUT2D eigenvalue weighted by Gasteiger charge is -2.28. The van der Waals surface area contributed by atoms with Crippen molar-refractivity contribution in [1.82, 2.24) is 0 Å². The number of likely N-dealkylation sites (N-methyl/N-ethyl adjacent to an activating group) is 1. The number of hydrogen-bond acceptors (Lipinski definition) is 8. The molecule has 0 saturated carbocycles. The average molecular weight is 886 g/mol. The summed E-state index contributed by atoms with van der Waals surface area (Å²) in [5.41, 5.74) is 0. The Morgan fingerprint density at radius 3 is 1.29 bits per heavy atom. The minimum absolute atomic E-state index is 0.0425. The van der Waals surface area contributed by atoms with E-state index >= 15 is 0 Å². The molecule has 0 aliphatic rings. The van der Waals surface area contributed by atoms with Crippen molar-refractivity contribution in [1.29, 1.82) is 0 Å². The molecule has 0 aliphatic carbocycles. The molecule has 2 unspecified atom stereocenters. The molecule has 0 saturated heterocycles. The number of carbonyl (C=O) groups is 2. The number of rotatable bonds is 42. The van der Waals surface area contributed by atoms with E-state index in [1.54, 1.807) is 0 Å². The predicted octanol–water partition coefficient (Wildman–Crippen LogP) is 13.5. The first-order valence-corrected chi connectivity index (χ1v) is 25.4. The first-order chi connectivity index (χ1) is 30.0. The standard InChI is InChI=1S/C52H88NO8P/c1-6-8-10-12-14-16-18-20-22-24-25-26-27-29-31-33-35-37-39-41-43-45-52(55)61-50(49-60-62(56,57)59-47-46-53(3,4)5)48-58-51(54)44-42-40-38-36-34-32-30-28-23-21-19-17-15-13-11-9-7-2/h8-11,14-17,20-23,25-26,30,32,50H,6-7,12-13,18-19,24,27-29,31,33-49H2,1-5H3/b10-8-,11-9-,16-14-,17-15-,22-20-,23-21-,26-25-,32-30-. The number of esters is 2. The summed E-state index contributed by atoms with van der Waals surface area (Å²) in [5.74, 6) is -0.880. The summed E-state index contributed by atoms with van der Waals surface area (Å²) in [4.78, 5) is 37.7. The van der Waals surface area contributed by atoms with E-state index < -0.39 is 32.5 Å². The number of quaternary nitrogens is 1. The third kappa shape index (κ3) is 46.4. The number of nitrogens with zero attached hydrogens (tertiary/aromatic N) is 1. The molecule has 0 spiro atoms. The summed E-state index contributed by atoms with van der Waals surface area (Å²) in [6, 6.07) is 0. The van der Waals surface area contributed by atoms with Crippen LogP contribution in [0.15, 0.2) is 97.2 Å². The molecule has 0 N–H and O–H groups in total. The van der Waals surface area contributed by atoms with Gasteiger partial charge in [0.25, 0.3) is 7.82 Å². The minimum atomic E-state index is -4.64. The Kier molecular flexibility index (Phi) is 41.1. The number of ether oxygens (including phenoxy) is 2. The molecular weight excluding hydrogens is 798 g/mol. The number of hydrogen-bond donors (Lipinski definition) is 0. The van der Waals surface area contributed by atoms with E-state index in [1.165, 1.54) is 25.7 Å². The lowest BCUT2D eigenvalue weighted by molar-refractivity contribution is -0.870. The molecule has 9 nitrogen and oxygen atoms in total. The highest BCUT2D eigenvalue weighted by Gasteiger charge is 2.21. The zero-order valence-corrected chi connectivity index (χ0v) is 40.7. The topological polar surface area (TPSA) is 111 Å². The molecule has 10 heteroatoms. The number of unbranched alkanes of at least 4 members (excludes halogenated alkanes) is 12. The Morgan fingerprint density at radius 1 is 0.500 bits per heavy atom. The van der Waals surface area contributed by atoms with Crippen LogP contribution in [0.3, 0.4) is 0 Å². The molecule has 0 aliphatic heterocycles. The average Bonchev–Trinajstić information content (AvgIpc) is 3.23. The van der Waals surface area contributed by atoms with Crippen molar-refractivity contribution in [3.63, 3.8) is 0 Å². The Labute approximate surface area is 379 Å². The zero-order valence-electron chi connectivity index (χ0n) is 39.8. The molecule has 0 heterocycles. The summed E-state index contributed by atoms with van der Waals surface area (Å²) in [7, 11) is 1.13. The van der Waals surface area contributed by atoms with Crippen LogP contribution in [0.5, 0.6) is 0 Å². The monoisotopic (exact) mass is 886 g/mol. The third-order valence-corrected chi connectivity index (χ3v) is 10.6. The molecule has 62 heavy (non-hydrogen) atoms. The van der Waals surface area contributed by atoms with Gasteiger partial charge in [0.15, 0.2) is 6.10 Å². The highest BCUT2D eigenvalue weighted by Crippen LogP contribution is 2.38. The van der Waals surface area contributed by atoms with Crippen LogP contribution in [0, 0.1) is 0 Å². The van der Waals surface area contributed by atoms with Gasteiger partial charge in [0.2, 0.25) is 0 Å². The van der Waals surface area contributed by atoms with Gasteiger partial charge in [0, 0.05) is 12.8 Å². The van der Waals surface area contributed by atoms with Crippen molar-refractivity contribution < 1.29 is 42.1 Å². The summed E-state index contributed by atoms with van der Waals surface area (Å²) < 4.78 is 34.0. The number of phosphoric acid groups is 1. The van der Waals surface area contributed by atoms with Crippen molar-refractivity contribution in [2.75, 3.05) is 47.5 Å². The van der Waals surface area contributed by atoms with Crippen molar-refractivity contribution in [3.8, 4) is 0 Å². The number of allylic oxidation sites excluding steroid dienone is 16. The second-order valence-corrected chi connectivity index (χ2v) is 18.1. The van der Waals surface area contributed by atoms with Crippen LogP contribution >= 0.6 is 7.82 Å². The fourth-order valence-corrected chi connectivity index (χ4v) is 6.66. The van der Waals surface area contributed by atoms with Gasteiger partial charge >= 0.3 is 11.9 Å². The molecule has 0 aromatic rings. The molecule has 0 rings (SSSR count). The van der Waals surface area contributed by atoms with Crippen LogP contribution in [0.1, 0.15) is 168 Å². The minimum Gasteiger partial charge on any atom is -0.756 e. The Morgan fingerprint density at radius 2 is 0.871 bits per heavy atom. The normalized spacial score (nSPS) is 14.4. The lowest BCUT2D eigenvalue weighted by atomic mass is 10.1. The summed E-state index contributed by atoms with van der Waals surface area (Å²) in [6.45, 7) is 3.95. The molecule has 2 atom stereocenters. The molecular formula is C52H88NO8P. The van der Waals surface area contributed by atoms with Gasteiger partial charge in [-0.2, -0.15) is 0 Å². The van der Waals surface area contributed by atoms with Gasteiger partial charge in [-0.25, -0.2) is 0 Å². The van der Waals surface area contributed by atoms with Crippen LogP contribution in [-0.4, -0.2) is 70.0 Å². The lowest BCUT2D eigenvalue weighted by Crippen LogP contribution is -2.37. The van der Waals surface area contributed by atoms with Gasteiger partial charge in [0.05, 0.1) is 27.7 Å². The van der Waals surface area contributed by atoms with Crippen molar-refractivity contribution in [2.24, 2.45) is 0 Å². The van der Waals surface area contributed by atoms with Gasteiger partial charge in [-0.3, -0.25) is 14.2 Å². The van der Waals surface area contributed by atoms with E-state index in [9.17, 15) is 19.0 Å². The van der Waals surface area contributed by atoms with Crippen LogP contribution < -0.4 is 4.89 Å². The molecule has 0 aromatic heterocycles. The summed E-state index contributed by atoms with van der Waals surface area (Å²) in [5, 5.41) is 0. The zero-order chi connectivity index (χ0) is 45.7. The number of phosphoric ester groups is 1. The fourth-order valence-electron chi connectivity index (χ4n) is 5.93. The largest absolute Gasteiger partial charge is 0.756 e. The second kappa shape index (κ2) is 43.2. The molecule has 0 bridgehead atoms. The Bertz CT molecular complexity index is 1370. The van der Waals surface area contributed by atoms with Crippen molar-refractivity contribution in [2.45, 2.75) is 174 Å². The van der Waals surface area contributed by atoms with Crippen LogP contribution in [0.4, 0.5) is 0 Å².